The monoisotopic (exact) mass is 260 g/mol. The van der Waals surface area contributed by atoms with Gasteiger partial charge in [0.2, 0.25) is 0 Å². The molecular formula is C15H20N2O2. The molecule has 4 heteroatoms. The zero-order valence-corrected chi connectivity index (χ0v) is 11.6. The van der Waals surface area contributed by atoms with Gasteiger partial charge in [-0.05, 0) is 25.5 Å². The lowest BCUT2D eigenvalue weighted by Crippen LogP contribution is -2.43. The molecule has 0 unspecified atom stereocenters. The predicted octanol–water partition coefficient (Wildman–Crippen LogP) is 1.04. The third-order valence-corrected chi connectivity index (χ3v) is 2.84. The fraction of sp³-hybridized carbons (Fsp3) is 0.400. The van der Waals surface area contributed by atoms with Crippen LogP contribution in [0.15, 0.2) is 24.3 Å². The average molecular weight is 260 g/mol. The third kappa shape index (κ3) is 4.40. The maximum absolute atomic E-state index is 11.9. The Hall–Kier alpha value is -1.83. The molecule has 102 valence electrons. The summed E-state index contributed by atoms with van der Waals surface area (Å²) in [6.07, 6.45) is 0. The van der Waals surface area contributed by atoms with Crippen LogP contribution in [0.3, 0.4) is 0 Å². The van der Waals surface area contributed by atoms with Gasteiger partial charge in [-0.25, -0.2) is 0 Å². The van der Waals surface area contributed by atoms with E-state index in [0.29, 0.717) is 13.1 Å². The molecular weight excluding hydrogens is 240 g/mol. The Labute approximate surface area is 114 Å². The van der Waals surface area contributed by atoms with Crippen LogP contribution in [0, 0.1) is 11.8 Å². The van der Waals surface area contributed by atoms with Gasteiger partial charge < -0.3 is 15.8 Å². The number of rotatable bonds is 4. The first-order chi connectivity index (χ1) is 9.01. The van der Waals surface area contributed by atoms with E-state index >= 15 is 0 Å². The molecule has 0 aliphatic heterocycles. The van der Waals surface area contributed by atoms with Crippen molar-refractivity contribution in [1.29, 1.82) is 0 Å². The number of carbonyl (C=O) groups is 1. The lowest BCUT2D eigenvalue weighted by molar-refractivity contribution is -0.139. The number of hydrogen-bond donors (Lipinski definition) is 2. The molecule has 19 heavy (non-hydrogen) atoms. The van der Waals surface area contributed by atoms with Crippen LogP contribution in [0.25, 0.3) is 0 Å². The van der Waals surface area contributed by atoms with E-state index in [1.807, 2.05) is 24.3 Å². The minimum Gasteiger partial charge on any atom is -0.369 e. The lowest BCUT2D eigenvalue weighted by atomic mass is 10.1. The summed E-state index contributed by atoms with van der Waals surface area (Å²) < 4.78 is 5.13. The number of ether oxygens (including phenoxy) is 1. The van der Waals surface area contributed by atoms with Crippen LogP contribution in [0.4, 0.5) is 0 Å². The highest BCUT2D eigenvalue weighted by molar-refractivity contribution is 5.84. The van der Waals surface area contributed by atoms with Gasteiger partial charge in [-0.3, -0.25) is 4.79 Å². The van der Waals surface area contributed by atoms with Crippen molar-refractivity contribution in [3.63, 3.8) is 0 Å². The van der Waals surface area contributed by atoms with Gasteiger partial charge in [0.15, 0.2) is 0 Å². The fourth-order valence-electron chi connectivity index (χ4n) is 1.42. The zero-order chi connectivity index (χ0) is 14.3. The van der Waals surface area contributed by atoms with Crippen molar-refractivity contribution >= 4 is 5.91 Å². The maximum Gasteiger partial charge on any atom is 0.251 e. The molecule has 0 atom stereocenters. The number of nitrogens with one attached hydrogen (secondary N) is 1. The molecule has 0 spiro atoms. The molecule has 0 radical (unpaired) electrons. The SMILES string of the molecule is COC(C)(C)C(=O)NCc1ccccc1C#CCN. The molecule has 1 rings (SSSR count). The predicted molar refractivity (Wildman–Crippen MR) is 75.3 cm³/mol. The highest BCUT2D eigenvalue weighted by atomic mass is 16.5. The number of methoxy groups -OCH3 is 1. The Morgan fingerprint density at radius 2 is 2.11 bits per heavy atom. The Balaban J connectivity index is 2.76. The quantitative estimate of drug-likeness (QED) is 0.795. The summed E-state index contributed by atoms with van der Waals surface area (Å²) >= 11 is 0. The highest BCUT2D eigenvalue weighted by Crippen LogP contribution is 2.10. The van der Waals surface area contributed by atoms with Crippen LogP contribution in [0.2, 0.25) is 0 Å². The van der Waals surface area contributed by atoms with Gasteiger partial charge in [-0.15, -0.1) is 0 Å². The van der Waals surface area contributed by atoms with Gasteiger partial charge in [0, 0.05) is 19.2 Å². The van der Waals surface area contributed by atoms with Crippen LogP contribution < -0.4 is 11.1 Å². The Morgan fingerprint density at radius 3 is 2.74 bits per heavy atom. The normalized spacial score (nSPS) is 10.5. The van der Waals surface area contributed by atoms with Crippen molar-refractivity contribution in [2.45, 2.75) is 26.0 Å². The first-order valence-electron chi connectivity index (χ1n) is 6.11. The minimum absolute atomic E-state index is 0.156. The summed E-state index contributed by atoms with van der Waals surface area (Å²) in [5, 5.41) is 2.84. The molecule has 0 bridgehead atoms. The second-order valence-electron chi connectivity index (χ2n) is 4.56. The van der Waals surface area contributed by atoms with Crippen LogP contribution in [-0.2, 0) is 16.1 Å². The molecule has 0 aromatic heterocycles. The van der Waals surface area contributed by atoms with Gasteiger partial charge in [0.1, 0.15) is 5.60 Å². The zero-order valence-electron chi connectivity index (χ0n) is 11.6. The third-order valence-electron chi connectivity index (χ3n) is 2.84. The number of carbonyl (C=O) groups excluding carboxylic acids is 1. The van der Waals surface area contributed by atoms with Crippen molar-refractivity contribution in [2.24, 2.45) is 5.73 Å². The van der Waals surface area contributed by atoms with Gasteiger partial charge in [-0.2, -0.15) is 0 Å². The van der Waals surface area contributed by atoms with E-state index in [4.69, 9.17) is 10.5 Å². The molecule has 0 saturated heterocycles. The van der Waals surface area contributed by atoms with Crippen LogP contribution in [0.5, 0.6) is 0 Å². The van der Waals surface area contributed by atoms with Crippen molar-refractivity contribution in [3.8, 4) is 11.8 Å². The molecule has 1 aromatic rings. The summed E-state index contributed by atoms with van der Waals surface area (Å²) in [6, 6.07) is 7.66. The molecule has 1 aromatic carbocycles. The van der Waals surface area contributed by atoms with Crippen LogP contribution in [0.1, 0.15) is 25.0 Å². The molecule has 0 aliphatic carbocycles. The van der Waals surface area contributed by atoms with Crippen LogP contribution in [-0.4, -0.2) is 25.2 Å². The number of benzene rings is 1. The smallest absolute Gasteiger partial charge is 0.251 e. The van der Waals surface area contributed by atoms with E-state index in [1.54, 1.807) is 13.8 Å². The van der Waals surface area contributed by atoms with E-state index in [1.165, 1.54) is 7.11 Å². The van der Waals surface area contributed by atoms with E-state index < -0.39 is 5.60 Å². The average Bonchev–Trinajstić information content (AvgIpc) is 2.43. The van der Waals surface area contributed by atoms with Crippen molar-refractivity contribution in [1.82, 2.24) is 5.32 Å². The molecule has 3 N–H and O–H groups in total. The second-order valence-corrected chi connectivity index (χ2v) is 4.56. The summed E-state index contributed by atoms with van der Waals surface area (Å²) in [5.74, 6) is 5.65. The van der Waals surface area contributed by atoms with Gasteiger partial charge >= 0.3 is 0 Å². The summed E-state index contributed by atoms with van der Waals surface area (Å²) in [5.41, 5.74) is 6.37. The number of nitrogens with two attached hydrogens (primary N) is 1. The van der Waals surface area contributed by atoms with Gasteiger partial charge in [0.05, 0.1) is 6.54 Å². The molecule has 0 aliphatic rings. The minimum atomic E-state index is -0.835. The largest absolute Gasteiger partial charge is 0.369 e. The second kappa shape index (κ2) is 6.93. The molecule has 1 amide bonds. The van der Waals surface area contributed by atoms with Gasteiger partial charge in [0.25, 0.3) is 5.91 Å². The first kappa shape index (κ1) is 15.2. The van der Waals surface area contributed by atoms with E-state index in [-0.39, 0.29) is 5.91 Å². The summed E-state index contributed by atoms with van der Waals surface area (Å²) in [4.78, 5) is 11.9. The Morgan fingerprint density at radius 1 is 1.42 bits per heavy atom. The topological polar surface area (TPSA) is 64.3 Å². The molecule has 0 heterocycles. The standard InChI is InChI=1S/C15H20N2O2/c1-15(2,19-3)14(18)17-11-13-8-5-4-7-12(13)9-6-10-16/h4-5,7-8H,10-11,16H2,1-3H3,(H,17,18). The highest BCUT2D eigenvalue weighted by Gasteiger charge is 2.26. The van der Waals surface area contributed by atoms with Gasteiger partial charge in [-0.1, -0.05) is 30.0 Å². The van der Waals surface area contributed by atoms with Crippen LogP contribution >= 0.6 is 0 Å². The Bertz CT molecular complexity index is 498. The molecule has 0 fully saturated rings. The van der Waals surface area contributed by atoms with E-state index in [0.717, 1.165) is 11.1 Å². The Kier molecular flexibility index (Phi) is 5.56. The van der Waals surface area contributed by atoms with E-state index in [2.05, 4.69) is 17.2 Å². The fourth-order valence-corrected chi connectivity index (χ4v) is 1.42. The first-order valence-corrected chi connectivity index (χ1v) is 6.11. The lowest BCUT2D eigenvalue weighted by Gasteiger charge is -2.21. The van der Waals surface area contributed by atoms with Crippen molar-refractivity contribution in [3.05, 3.63) is 35.4 Å². The van der Waals surface area contributed by atoms with E-state index in [9.17, 15) is 4.79 Å². The number of hydrogen-bond acceptors (Lipinski definition) is 3. The molecule has 0 saturated carbocycles. The molecule has 4 nitrogen and oxygen atoms in total. The van der Waals surface area contributed by atoms with Crippen molar-refractivity contribution < 1.29 is 9.53 Å². The summed E-state index contributed by atoms with van der Waals surface area (Å²) in [6.45, 7) is 4.18. The van der Waals surface area contributed by atoms with Crippen molar-refractivity contribution in [2.75, 3.05) is 13.7 Å². The number of amides is 1. The maximum atomic E-state index is 11.9. The summed E-state index contributed by atoms with van der Waals surface area (Å²) in [7, 11) is 1.51.